The predicted molar refractivity (Wildman–Crippen MR) is 76.4 cm³/mol. The van der Waals surface area contributed by atoms with Gasteiger partial charge in [-0.2, -0.15) is 0 Å². The Kier molecular flexibility index (Phi) is 6.12. The van der Waals surface area contributed by atoms with Gasteiger partial charge in [-0.15, -0.1) is 6.58 Å². The quantitative estimate of drug-likeness (QED) is 0.434. The van der Waals surface area contributed by atoms with Gasteiger partial charge < -0.3 is 10.5 Å². The van der Waals surface area contributed by atoms with E-state index in [9.17, 15) is 12.8 Å². The number of aryl methyl sites for hydroxylation is 1. The molecule has 3 N–H and O–H groups in total. The molecule has 1 aromatic carbocycles. The first-order chi connectivity index (χ1) is 9.38. The van der Waals surface area contributed by atoms with Crippen molar-refractivity contribution < 1.29 is 17.5 Å². The smallest absolute Gasteiger partial charge is 0.240 e. The summed E-state index contributed by atoms with van der Waals surface area (Å²) in [6.07, 6.45) is 2.43. The van der Waals surface area contributed by atoms with Gasteiger partial charge in [0.1, 0.15) is 5.82 Å². The number of benzene rings is 1. The second-order valence-electron chi connectivity index (χ2n) is 4.23. The van der Waals surface area contributed by atoms with Gasteiger partial charge in [-0.05, 0) is 31.0 Å². The zero-order valence-corrected chi connectivity index (χ0v) is 12.2. The van der Waals surface area contributed by atoms with Crippen molar-refractivity contribution in [2.24, 2.45) is 0 Å². The molecular formula is C13H19FN2O3S. The first-order valence-electron chi connectivity index (χ1n) is 6.12. The molecule has 0 aliphatic carbocycles. The van der Waals surface area contributed by atoms with Crippen LogP contribution in [0.25, 0.3) is 0 Å². The summed E-state index contributed by atoms with van der Waals surface area (Å²) in [4.78, 5) is -0.0255. The minimum absolute atomic E-state index is 0.0255. The monoisotopic (exact) mass is 302 g/mol. The van der Waals surface area contributed by atoms with E-state index in [1.807, 2.05) is 0 Å². The molecule has 0 aromatic heterocycles. The largest absolute Gasteiger partial charge is 0.396 e. The molecule has 0 unspecified atom stereocenters. The van der Waals surface area contributed by atoms with Crippen LogP contribution in [-0.2, 0) is 14.8 Å². The second-order valence-corrected chi connectivity index (χ2v) is 5.96. The molecule has 20 heavy (non-hydrogen) atoms. The van der Waals surface area contributed by atoms with E-state index in [1.165, 1.54) is 6.92 Å². The normalized spacial score (nSPS) is 11.5. The number of hydrogen-bond acceptors (Lipinski definition) is 4. The van der Waals surface area contributed by atoms with Crippen molar-refractivity contribution >= 4 is 15.7 Å². The van der Waals surface area contributed by atoms with Gasteiger partial charge in [0.15, 0.2) is 0 Å². The van der Waals surface area contributed by atoms with Gasteiger partial charge >= 0.3 is 0 Å². The lowest BCUT2D eigenvalue weighted by atomic mass is 10.2. The lowest BCUT2D eigenvalue weighted by molar-refractivity contribution is 0.144. The molecule has 0 radical (unpaired) electrons. The summed E-state index contributed by atoms with van der Waals surface area (Å²) in [7, 11) is -3.72. The maximum absolute atomic E-state index is 13.2. The summed E-state index contributed by atoms with van der Waals surface area (Å²) in [5, 5.41) is 0. The number of nitrogens with two attached hydrogens (primary N) is 1. The number of sulfonamides is 1. The van der Waals surface area contributed by atoms with Crippen molar-refractivity contribution in [3.8, 4) is 0 Å². The van der Waals surface area contributed by atoms with Crippen molar-refractivity contribution in [3.63, 3.8) is 0 Å². The maximum Gasteiger partial charge on any atom is 0.240 e. The molecule has 0 fully saturated rings. The zero-order chi connectivity index (χ0) is 15.2. The van der Waals surface area contributed by atoms with Crippen LogP contribution < -0.4 is 10.5 Å². The third-order valence-corrected chi connectivity index (χ3v) is 4.19. The van der Waals surface area contributed by atoms with Crippen LogP contribution in [0.1, 0.15) is 12.0 Å². The van der Waals surface area contributed by atoms with Crippen LogP contribution in [0.2, 0.25) is 0 Å². The summed E-state index contributed by atoms with van der Waals surface area (Å²) in [6.45, 7) is 5.94. The number of hydrogen-bond donors (Lipinski definition) is 2. The lowest BCUT2D eigenvalue weighted by Crippen LogP contribution is -2.28. The van der Waals surface area contributed by atoms with Crippen LogP contribution in [0.5, 0.6) is 0 Å². The van der Waals surface area contributed by atoms with E-state index < -0.39 is 15.8 Å². The van der Waals surface area contributed by atoms with Gasteiger partial charge in [-0.1, -0.05) is 6.08 Å². The highest BCUT2D eigenvalue weighted by atomic mass is 32.2. The standard InChI is InChI=1S/C13H19FN2O3S/c1-3-4-6-19-7-5-16-20(17,18)13-9-12(15)11(14)8-10(13)2/h3,8-9,16H,1,4-7,15H2,2H3. The fourth-order valence-corrected chi connectivity index (χ4v) is 2.83. The van der Waals surface area contributed by atoms with E-state index in [0.29, 0.717) is 18.6 Å². The van der Waals surface area contributed by atoms with Crippen LogP contribution in [-0.4, -0.2) is 28.2 Å². The minimum atomic E-state index is -3.72. The molecule has 0 aliphatic heterocycles. The highest BCUT2D eigenvalue weighted by molar-refractivity contribution is 7.89. The first-order valence-corrected chi connectivity index (χ1v) is 7.60. The van der Waals surface area contributed by atoms with E-state index in [-0.39, 0.29) is 23.7 Å². The fraction of sp³-hybridized carbons (Fsp3) is 0.385. The summed E-state index contributed by atoms with van der Waals surface area (Å²) in [5.41, 5.74) is 5.50. The Bertz CT molecular complexity index is 573. The molecule has 1 aromatic rings. The summed E-state index contributed by atoms with van der Waals surface area (Å²) < 4.78 is 44.9. The van der Waals surface area contributed by atoms with Crippen molar-refractivity contribution in [1.82, 2.24) is 4.72 Å². The highest BCUT2D eigenvalue weighted by Crippen LogP contribution is 2.21. The highest BCUT2D eigenvalue weighted by Gasteiger charge is 2.18. The Hall–Kier alpha value is -1.44. The summed E-state index contributed by atoms with van der Waals surface area (Å²) in [6, 6.07) is 2.22. The van der Waals surface area contributed by atoms with Crippen LogP contribution in [0, 0.1) is 12.7 Å². The average Bonchev–Trinajstić information content (AvgIpc) is 2.37. The summed E-state index contributed by atoms with van der Waals surface area (Å²) >= 11 is 0. The van der Waals surface area contributed by atoms with Gasteiger partial charge in [0, 0.05) is 6.54 Å². The van der Waals surface area contributed by atoms with Crippen molar-refractivity contribution in [2.45, 2.75) is 18.2 Å². The molecule has 0 saturated heterocycles. The molecule has 5 nitrogen and oxygen atoms in total. The zero-order valence-electron chi connectivity index (χ0n) is 11.4. The van der Waals surface area contributed by atoms with E-state index in [2.05, 4.69) is 11.3 Å². The van der Waals surface area contributed by atoms with Crippen molar-refractivity contribution in [2.75, 3.05) is 25.5 Å². The maximum atomic E-state index is 13.2. The van der Waals surface area contributed by atoms with Gasteiger partial charge in [-0.25, -0.2) is 17.5 Å². The SMILES string of the molecule is C=CCCOCCNS(=O)(=O)c1cc(N)c(F)cc1C. The molecule has 0 spiro atoms. The van der Waals surface area contributed by atoms with Crippen LogP contribution in [0.3, 0.4) is 0 Å². The predicted octanol–water partition coefficient (Wildman–Crippen LogP) is 1.59. The van der Waals surface area contributed by atoms with Crippen molar-refractivity contribution in [1.29, 1.82) is 0 Å². The molecule has 1 rings (SSSR count). The van der Waals surface area contributed by atoms with Gasteiger partial charge in [0.2, 0.25) is 10.0 Å². The fourth-order valence-electron chi connectivity index (χ4n) is 1.55. The van der Waals surface area contributed by atoms with Gasteiger partial charge in [0.25, 0.3) is 0 Å². The Morgan fingerprint density at radius 2 is 2.15 bits per heavy atom. The average molecular weight is 302 g/mol. The third-order valence-electron chi connectivity index (χ3n) is 2.59. The molecule has 0 atom stereocenters. The molecular weight excluding hydrogens is 283 g/mol. The number of ether oxygens (including phenoxy) is 1. The van der Waals surface area contributed by atoms with Gasteiger partial charge in [-0.3, -0.25) is 0 Å². The molecule has 0 aliphatic rings. The molecule has 0 bridgehead atoms. The number of halogens is 1. The minimum Gasteiger partial charge on any atom is -0.396 e. The lowest BCUT2D eigenvalue weighted by Gasteiger charge is -2.10. The van der Waals surface area contributed by atoms with Crippen molar-refractivity contribution in [3.05, 3.63) is 36.2 Å². The number of nitrogen functional groups attached to an aromatic ring is 1. The van der Waals surface area contributed by atoms with E-state index in [4.69, 9.17) is 10.5 Å². The van der Waals surface area contributed by atoms with E-state index in [0.717, 1.165) is 12.1 Å². The van der Waals surface area contributed by atoms with E-state index in [1.54, 1.807) is 6.08 Å². The van der Waals surface area contributed by atoms with Crippen LogP contribution >= 0.6 is 0 Å². The number of anilines is 1. The second kappa shape index (κ2) is 7.37. The topological polar surface area (TPSA) is 81.4 Å². The van der Waals surface area contributed by atoms with Crippen LogP contribution in [0.15, 0.2) is 29.7 Å². The molecule has 0 saturated carbocycles. The number of nitrogens with one attached hydrogen (secondary N) is 1. The molecule has 112 valence electrons. The molecule has 0 amide bonds. The Morgan fingerprint density at radius 3 is 2.80 bits per heavy atom. The number of rotatable bonds is 8. The Labute approximate surface area is 118 Å². The van der Waals surface area contributed by atoms with E-state index >= 15 is 0 Å². The molecule has 0 heterocycles. The first kappa shape index (κ1) is 16.6. The van der Waals surface area contributed by atoms with Crippen LogP contribution in [0.4, 0.5) is 10.1 Å². The summed E-state index contributed by atoms with van der Waals surface area (Å²) in [5.74, 6) is -0.630. The Morgan fingerprint density at radius 1 is 1.45 bits per heavy atom. The third kappa shape index (κ3) is 4.59. The van der Waals surface area contributed by atoms with Gasteiger partial charge in [0.05, 0.1) is 23.8 Å². The Balaban J connectivity index is 2.65. The molecule has 7 heteroatoms.